The molecule has 0 bridgehead atoms. The number of hydrogen-bond donors (Lipinski definition) is 4. The summed E-state index contributed by atoms with van der Waals surface area (Å²) in [5, 5.41) is 14.0. The molecule has 0 aliphatic carbocycles. The van der Waals surface area contributed by atoms with Gasteiger partial charge in [-0.25, -0.2) is 9.97 Å². The van der Waals surface area contributed by atoms with E-state index in [0.717, 1.165) is 43.6 Å². The predicted octanol–water partition coefficient (Wildman–Crippen LogP) is 2.46. The summed E-state index contributed by atoms with van der Waals surface area (Å²) >= 11 is 6.49. The van der Waals surface area contributed by atoms with Crippen LogP contribution >= 0.6 is 11.6 Å². The van der Waals surface area contributed by atoms with Gasteiger partial charge < -0.3 is 20.7 Å². The summed E-state index contributed by atoms with van der Waals surface area (Å²) in [4.78, 5) is 23.7. The van der Waals surface area contributed by atoms with Crippen LogP contribution in [0.15, 0.2) is 24.5 Å². The molecular weight excluding hydrogens is 478 g/mol. The lowest BCUT2D eigenvalue weighted by molar-refractivity contribution is 0.0833. The van der Waals surface area contributed by atoms with Gasteiger partial charge in [-0.05, 0) is 62.8 Å². The molecule has 1 amide bonds. The van der Waals surface area contributed by atoms with E-state index < -0.39 is 0 Å². The highest BCUT2D eigenvalue weighted by Gasteiger charge is 2.30. The highest BCUT2D eigenvalue weighted by Crippen LogP contribution is 2.31. The van der Waals surface area contributed by atoms with Crippen molar-refractivity contribution in [3.63, 3.8) is 0 Å². The van der Waals surface area contributed by atoms with Gasteiger partial charge in [0.25, 0.3) is 5.91 Å². The van der Waals surface area contributed by atoms with Crippen LogP contribution in [-0.4, -0.2) is 78.9 Å². The zero-order valence-corrected chi connectivity index (χ0v) is 22.4. The third kappa shape index (κ3) is 6.64. The van der Waals surface area contributed by atoms with Crippen molar-refractivity contribution >= 4 is 23.5 Å². The minimum atomic E-state index is -0.175. The van der Waals surface area contributed by atoms with Gasteiger partial charge in [-0.2, -0.15) is 0 Å². The maximum absolute atomic E-state index is 12.1. The third-order valence-corrected chi connectivity index (χ3v) is 7.39. The largest absolute Gasteiger partial charge is 0.495 e. The fraction of sp³-hybridized carbons (Fsp3) is 0.577. The average Bonchev–Trinajstić information content (AvgIpc) is 2.88. The third-order valence-electron chi connectivity index (χ3n) is 6.96. The highest BCUT2D eigenvalue weighted by atomic mass is 35.5. The first-order valence-electron chi connectivity index (χ1n) is 12.8. The van der Waals surface area contributed by atoms with E-state index in [4.69, 9.17) is 16.3 Å². The van der Waals surface area contributed by atoms with Gasteiger partial charge in [-0.3, -0.25) is 15.0 Å². The van der Waals surface area contributed by atoms with Crippen molar-refractivity contribution < 1.29 is 9.53 Å². The normalized spacial score (nSPS) is 24.8. The second-order valence-electron chi connectivity index (χ2n) is 9.91. The van der Waals surface area contributed by atoms with E-state index in [1.54, 1.807) is 20.2 Å². The summed E-state index contributed by atoms with van der Waals surface area (Å²) in [5.41, 5.74) is 2.38. The van der Waals surface area contributed by atoms with Crippen molar-refractivity contribution in [1.82, 2.24) is 30.8 Å². The average molecular weight is 516 g/mol. The molecule has 1 aromatic carbocycles. The maximum atomic E-state index is 12.1. The Hall–Kier alpha value is -2.46. The van der Waals surface area contributed by atoms with Crippen LogP contribution in [-0.2, 0) is 12.8 Å². The number of ether oxygens (including phenoxy) is 1. The Kier molecular flexibility index (Phi) is 9.00. The molecule has 2 aromatic rings. The minimum absolute atomic E-state index is 0.175. The van der Waals surface area contributed by atoms with E-state index >= 15 is 0 Å². The van der Waals surface area contributed by atoms with Crippen molar-refractivity contribution in [1.29, 1.82) is 0 Å². The number of aryl methyl sites for hydroxylation is 2. The zero-order chi connectivity index (χ0) is 25.7. The smallest absolute Gasteiger partial charge is 0.251 e. The molecule has 4 atom stereocenters. The number of piperazine rings is 1. The van der Waals surface area contributed by atoms with Crippen LogP contribution in [0.1, 0.15) is 48.2 Å². The molecule has 0 radical (unpaired) electrons. The van der Waals surface area contributed by atoms with Crippen molar-refractivity contribution in [2.75, 3.05) is 39.1 Å². The lowest BCUT2D eigenvalue weighted by Gasteiger charge is -2.43. The van der Waals surface area contributed by atoms with Crippen LogP contribution in [0.2, 0.25) is 5.02 Å². The quantitative estimate of drug-likeness (QED) is 0.425. The number of carbonyl (C=O) groups is 1. The molecule has 1 aromatic heterocycles. The number of aromatic nitrogens is 2. The molecule has 10 heteroatoms. The van der Waals surface area contributed by atoms with E-state index in [1.165, 1.54) is 0 Å². The van der Waals surface area contributed by atoms with Gasteiger partial charge in [0.05, 0.1) is 18.3 Å². The first-order valence-corrected chi connectivity index (χ1v) is 13.1. The standard InChI is InChI=1S/C26H38ClN7O2/c1-16-14-34(15-17(2)32-16)23-8-7-21(13-29-23)33-26-30-11-18(12-31-26)5-6-19-9-20(25(35)28-3)10-22(36-4)24(19)27/h9-12,16-17,21,23,29,32H,5-8,13-15H2,1-4H3,(H,28,35)(H,30,31,33)/t16-,17+,21?,23?. The van der Waals surface area contributed by atoms with Crippen LogP contribution in [0, 0.1) is 0 Å². The molecule has 9 nitrogen and oxygen atoms in total. The molecule has 0 spiro atoms. The van der Waals surface area contributed by atoms with Crippen molar-refractivity contribution in [3.05, 3.63) is 46.2 Å². The van der Waals surface area contributed by atoms with Gasteiger partial charge >= 0.3 is 0 Å². The first kappa shape index (κ1) is 26.6. The van der Waals surface area contributed by atoms with Crippen molar-refractivity contribution in [3.8, 4) is 5.75 Å². The molecule has 36 heavy (non-hydrogen) atoms. The highest BCUT2D eigenvalue weighted by molar-refractivity contribution is 6.33. The van der Waals surface area contributed by atoms with Crippen LogP contribution in [0.25, 0.3) is 0 Å². The molecule has 196 valence electrons. The molecule has 2 unspecified atom stereocenters. The summed E-state index contributed by atoms with van der Waals surface area (Å²) in [6.45, 7) is 7.57. The molecule has 2 fully saturated rings. The van der Waals surface area contributed by atoms with Crippen LogP contribution in [0.5, 0.6) is 5.75 Å². The lowest BCUT2D eigenvalue weighted by Crippen LogP contribution is -2.62. The van der Waals surface area contributed by atoms with Gasteiger partial charge in [0.2, 0.25) is 5.95 Å². The predicted molar refractivity (Wildman–Crippen MR) is 143 cm³/mol. The number of amides is 1. The number of anilines is 1. The molecule has 0 saturated carbocycles. The molecule has 3 heterocycles. The number of nitrogens with one attached hydrogen (secondary N) is 4. The zero-order valence-electron chi connectivity index (χ0n) is 21.6. The van der Waals surface area contributed by atoms with Gasteiger partial charge in [0.15, 0.2) is 0 Å². The van der Waals surface area contributed by atoms with E-state index in [9.17, 15) is 4.79 Å². The molecule has 4 rings (SSSR count). The van der Waals surface area contributed by atoms with Crippen LogP contribution in [0.3, 0.4) is 0 Å². The number of nitrogens with zero attached hydrogens (tertiary/aromatic N) is 3. The SMILES string of the molecule is CNC(=O)c1cc(CCc2cnc(NC3CCC(N4C[C@@H](C)N[C@@H](C)C4)NC3)nc2)c(Cl)c(OC)c1. The van der Waals surface area contributed by atoms with E-state index in [0.29, 0.717) is 59.4 Å². The van der Waals surface area contributed by atoms with Gasteiger partial charge in [0.1, 0.15) is 5.75 Å². The monoisotopic (exact) mass is 515 g/mol. The topological polar surface area (TPSA) is 103 Å². The Morgan fingerprint density at radius 1 is 1.17 bits per heavy atom. The number of methoxy groups -OCH3 is 1. The molecule has 2 aliphatic rings. The number of rotatable bonds is 8. The van der Waals surface area contributed by atoms with E-state index in [2.05, 4.69) is 50.0 Å². The summed E-state index contributed by atoms with van der Waals surface area (Å²) in [6, 6.07) is 4.82. The summed E-state index contributed by atoms with van der Waals surface area (Å²) in [6.07, 6.45) is 7.68. The lowest BCUT2D eigenvalue weighted by atomic mass is 10.0. The van der Waals surface area contributed by atoms with Gasteiger partial charge in [-0.15, -0.1) is 0 Å². The number of piperidine rings is 1. The Bertz CT molecular complexity index is 1020. The molecule has 4 N–H and O–H groups in total. The maximum Gasteiger partial charge on any atom is 0.251 e. The fourth-order valence-corrected chi connectivity index (χ4v) is 5.46. The van der Waals surface area contributed by atoms with Gasteiger partial charge in [0, 0.05) is 62.8 Å². The Balaban J connectivity index is 1.29. The molecular formula is C26H38ClN7O2. The summed E-state index contributed by atoms with van der Waals surface area (Å²) < 4.78 is 5.36. The Morgan fingerprint density at radius 2 is 1.89 bits per heavy atom. The van der Waals surface area contributed by atoms with E-state index in [1.807, 2.05) is 18.5 Å². The number of carbonyl (C=O) groups excluding carboxylic acids is 1. The number of halogens is 1. The second-order valence-corrected chi connectivity index (χ2v) is 10.3. The number of hydrogen-bond acceptors (Lipinski definition) is 8. The van der Waals surface area contributed by atoms with Gasteiger partial charge in [-0.1, -0.05) is 11.6 Å². The fourth-order valence-electron chi connectivity index (χ4n) is 5.18. The van der Waals surface area contributed by atoms with Crippen molar-refractivity contribution in [2.24, 2.45) is 0 Å². The summed E-state index contributed by atoms with van der Waals surface area (Å²) in [5.74, 6) is 0.966. The molecule has 2 saturated heterocycles. The van der Waals surface area contributed by atoms with E-state index in [-0.39, 0.29) is 5.91 Å². The van der Waals surface area contributed by atoms with Crippen LogP contribution < -0.4 is 26.0 Å². The van der Waals surface area contributed by atoms with Crippen molar-refractivity contribution in [2.45, 2.75) is 63.8 Å². The minimum Gasteiger partial charge on any atom is -0.495 e. The molecule has 2 aliphatic heterocycles. The summed E-state index contributed by atoms with van der Waals surface area (Å²) in [7, 11) is 3.15. The second kappa shape index (κ2) is 12.2. The number of benzene rings is 1. The van der Waals surface area contributed by atoms with Crippen LogP contribution in [0.4, 0.5) is 5.95 Å². The Labute approximate surface area is 218 Å². The Morgan fingerprint density at radius 3 is 2.50 bits per heavy atom. The first-order chi connectivity index (χ1) is 17.4.